The molecule has 1 fully saturated rings. The molecular formula is C19H23N3O. The van der Waals surface area contributed by atoms with Crippen LogP contribution >= 0.6 is 0 Å². The van der Waals surface area contributed by atoms with E-state index in [1.54, 1.807) is 7.05 Å². The van der Waals surface area contributed by atoms with E-state index in [0.717, 1.165) is 30.8 Å². The monoisotopic (exact) mass is 309 g/mol. The van der Waals surface area contributed by atoms with Crippen molar-refractivity contribution in [1.29, 1.82) is 0 Å². The van der Waals surface area contributed by atoms with Crippen LogP contribution in [-0.4, -0.2) is 31.0 Å². The smallest absolute Gasteiger partial charge is 0.224 e. The Morgan fingerprint density at radius 2 is 2.04 bits per heavy atom. The molecule has 0 radical (unpaired) electrons. The summed E-state index contributed by atoms with van der Waals surface area (Å²) in [7, 11) is 1.71. The molecule has 1 atom stereocenters. The van der Waals surface area contributed by atoms with Crippen molar-refractivity contribution < 1.29 is 4.79 Å². The topological polar surface area (TPSA) is 45.2 Å². The van der Waals surface area contributed by atoms with E-state index < -0.39 is 0 Å². The van der Waals surface area contributed by atoms with Crippen LogP contribution in [0.2, 0.25) is 0 Å². The van der Waals surface area contributed by atoms with Gasteiger partial charge in [0.2, 0.25) is 5.91 Å². The fourth-order valence-corrected chi connectivity index (χ4v) is 4.00. The number of nitrogens with one attached hydrogen (secondary N) is 1. The first-order valence-corrected chi connectivity index (χ1v) is 8.55. The van der Waals surface area contributed by atoms with E-state index in [1.807, 2.05) is 0 Å². The molecule has 4 nitrogen and oxygen atoms in total. The number of nitrogens with zero attached hydrogens (tertiary/aromatic N) is 2. The second kappa shape index (κ2) is 5.52. The van der Waals surface area contributed by atoms with Crippen molar-refractivity contribution in [3.63, 3.8) is 0 Å². The maximum absolute atomic E-state index is 11.8. The van der Waals surface area contributed by atoms with Crippen LogP contribution in [0.1, 0.15) is 29.5 Å². The Morgan fingerprint density at radius 3 is 2.83 bits per heavy atom. The van der Waals surface area contributed by atoms with E-state index >= 15 is 0 Å². The average molecular weight is 309 g/mol. The van der Waals surface area contributed by atoms with Crippen molar-refractivity contribution in [2.45, 2.75) is 32.6 Å². The molecule has 1 aromatic carbocycles. The summed E-state index contributed by atoms with van der Waals surface area (Å²) >= 11 is 0. The second-order valence-corrected chi connectivity index (χ2v) is 6.83. The molecule has 0 spiro atoms. The molecule has 1 amide bonds. The van der Waals surface area contributed by atoms with Gasteiger partial charge in [0, 0.05) is 25.5 Å². The van der Waals surface area contributed by atoms with Crippen molar-refractivity contribution in [3.8, 4) is 0 Å². The maximum atomic E-state index is 11.8. The Kier molecular flexibility index (Phi) is 3.47. The molecule has 1 N–H and O–H groups in total. The van der Waals surface area contributed by atoms with Gasteiger partial charge in [-0.1, -0.05) is 0 Å². The first-order chi connectivity index (χ1) is 11.2. The molecule has 23 heavy (non-hydrogen) atoms. The van der Waals surface area contributed by atoms with E-state index in [0.29, 0.717) is 0 Å². The van der Waals surface area contributed by atoms with Gasteiger partial charge < -0.3 is 10.2 Å². The molecule has 2 heterocycles. The summed E-state index contributed by atoms with van der Waals surface area (Å²) < 4.78 is 0. The Labute approximate surface area is 136 Å². The highest BCUT2D eigenvalue weighted by Crippen LogP contribution is 2.31. The quantitative estimate of drug-likeness (QED) is 0.927. The molecule has 2 aliphatic rings. The van der Waals surface area contributed by atoms with Crippen LogP contribution in [0.15, 0.2) is 18.2 Å². The Morgan fingerprint density at radius 1 is 1.26 bits per heavy atom. The summed E-state index contributed by atoms with van der Waals surface area (Å²) in [5.74, 6) is 1.24. The number of amides is 1. The van der Waals surface area contributed by atoms with Crippen LogP contribution < -0.4 is 10.2 Å². The zero-order valence-electron chi connectivity index (χ0n) is 13.9. The van der Waals surface area contributed by atoms with Gasteiger partial charge >= 0.3 is 0 Å². The standard InChI is InChI=1S/C19H23N3O/c1-12-8-18(22-7-6-15(11-22)19(23)20-2)21-17-10-14-5-3-4-13(14)9-16(12)17/h8-10,15H,3-7,11H2,1-2H3,(H,20,23)/t15-/m1/s1. The Balaban J connectivity index is 1.69. The zero-order chi connectivity index (χ0) is 16.0. The number of hydrogen-bond donors (Lipinski definition) is 1. The first kappa shape index (κ1) is 14.5. The SMILES string of the molecule is CNC(=O)[C@@H]1CCN(c2cc(C)c3cc4c(cc3n2)CCC4)C1. The van der Waals surface area contributed by atoms with Crippen LogP contribution in [0, 0.1) is 12.8 Å². The number of fused-ring (bicyclic) bond motifs is 2. The summed E-state index contributed by atoms with van der Waals surface area (Å²) in [6, 6.07) is 6.79. The van der Waals surface area contributed by atoms with Gasteiger partial charge in [-0.05, 0) is 67.5 Å². The summed E-state index contributed by atoms with van der Waals surface area (Å²) in [5.41, 5.74) is 5.34. The highest BCUT2D eigenvalue weighted by molar-refractivity contribution is 5.86. The van der Waals surface area contributed by atoms with Crippen LogP contribution in [0.5, 0.6) is 0 Å². The van der Waals surface area contributed by atoms with Crippen molar-refractivity contribution in [2.75, 3.05) is 25.0 Å². The van der Waals surface area contributed by atoms with E-state index in [9.17, 15) is 4.79 Å². The van der Waals surface area contributed by atoms with Gasteiger partial charge in [-0.3, -0.25) is 4.79 Å². The zero-order valence-corrected chi connectivity index (χ0v) is 13.9. The minimum atomic E-state index is 0.0813. The highest BCUT2D eigenvalue weighted by Gasteiger charge is 2.28. The minimum Gasteiger partial charge on any atom is -0.359 e. The molecule has 2 aromatic rings. The number of hydrogen-bond acceptors (Lipinski definition) is 3. The molecule has 0 bridgehead atoms. The third-order valence-electron chi connectivity index (χ3n) is 5.35. The van der Waals surface area contributed by atoms with Crippen LogP contribution in [-0.2, 0) is 17.6 Å². The summed E-state index contributed by atoms with van der Waals surface area (Å²) in [4.78, 5) is 19.0. The van der Waals surface area contributed by atoms with Crippen molar-refractivity contribution >= 4 is 22.6 Å². The molecular weight excluding hydrogens is 286 g/mol. The highest BCUT2D eigenvalue weighted by atomic mass is 16.1. The van der Waals surface area contributed by atoms with Gasteiger partial charge in [0.1, 0.15) is 5.82 Å². The lowest BCUT2D eigenvalue weighted by molar-refractivity contribution is -0.123. The summed E-state index contributed by atoms with van der Waals surface area (Å²) in [6.45, 7) is 3.84. The molecule has 0 unspecified atom stereocenters. The number of benzene rings is 1. The number of pyridine rings is 1. The Bertz CT molecular complexity index is 784. The molecule has 120 valence electrons. The third kappa shape index (κ3) is 2.46. The lowest BCUT2D eigenvalue weighted by atomic mass is 10.0. The molecule has 4 rings (SSSR count). The summed E-state index contributed by atoms with van der Waals surface area (Å²) in [5, 5.41) is 4.04. The van der Waals surface area contributed by atoms with Crippen LogP contribution in [0.3, 0.4) is 0 Å². The van der Waals surface area contributed by atoms with Gasteiger partial charge in [-0.2, -0.15) is 0 Å². The third-order valence-corrected chi connectivity index (χ3v) is 5.35. The Hall–Kier alpha value is -2.10. The predicted molar refractivity (Wildman–Crippen MR) is 92.9 cm³/mol. The van der Waals surface area contributed by atoms with Crippen molar-refractivity contribution in [3.05, 3.63) is 34.9 Å². The largest absolute Gasteiger partial charge is 0.359 e. The maximum Gasteiger partial charge on any atom is 0.224 e. The molecule has 1 aliphatic heterocycles. The summed E-state index contributed by atoms with van der Waals surface area (Å²) in [6.07, 6.45) is 4.55. The van der Waals surface area contributed by atoms with E-state index in [2.05, 4.69) is 35.3 Å². The second-order valence-electron chi connectivity index (χ2n) is 6.83. The van der Waals surface area contributed by atoms with Crippen LogP contribution in [0.25, 0.3) is 10.9 Å². The van der Waals surface area contributed by atoms with E-state index in [4.69, 9.17) is 4.98 Å². The molecule has 1 saturated heterocycles. The van der Waals surface area contributed by atoms with Gasteiger partial charge in [0.15, 0.2) is 0 Å². The molecule has 4 heteroatoms. The molecule has 1 aromatic heterocycles. The fourth-order valence-electron chi connectivity index (χ4n) is 4.00. The van der Waals surface area contributed by atoms with E-state index in [1.165, 1.54) is 41.3 Å². The number of rotatable bonds is 2. The van der Waals surface area contributed by atoms with Gasteiger partial charge in [0.05, 0.1) is 11.4 Å². The van der Waals surface area contributed by atoms with Gasteiger partial charge in [-0.15, -0.1) is 0 Å². The minimum absolute atomic E-state index is 0.0813. The lowest BCUT2D eigenvalue weighted by Crippen LogP contribution is -2.30. The molecule has 0 saturated carbocycles. The molecule has 1 aliphatic carbocycles. The van der Waals surface area contributed by atoms with Crippen molar-refractivity contribution in [2.24, 2.45) is 5.92 Å². The number of anilines is 1. The number of aromatic nitrogens is 1. The number of aryl methyl sites for hydroxylation is 3. The normalized spacial score (nSPS) is 20.1. The average Bonchev–Trinajstić information content (AvgIpc) is 3.21. The van der Waals surface area contributed by atoms with Gasteiger partial charge in [-0.25, -0.2) is 4.98 Å². The fraction of sp³-hybridized carbons (Fsp3) is 0.474. The number of carbonyl (C=O) groups excluding carboxylic acids is 1. The first-order valence-electron chi connectivity index (χ1n) is 8.55. The van der Waals surface area contributed by atoms with Gasteiger partial charge in [0.25, 0.3) is 0 Å². The number of carbonyl (C=O) groups is 1. The van der Waals surface area contributed by atoms with E-state index in [-0.39, 0.29) is 11.8 Å². The van der Waals surface area contributed by atoms with Crippen LogP contribution in [0.4, 0.5) is 5.82 Å². The lowest BCUT2D eigenvalue weighted by Gasteiger charge is -2.19. The van der Waals surface area contributed by atoms with Crippen molar-refractivity contribution in [1.82, 2.24) is 10.3 Å². The predicted octanol–water partition coefficient (Wildman–Crippen LogP) is 2.60.